The first-order valence-corrected chi connectivity index (χ1v) is 11.8. The van der Waals surface area contributed by atoms with Gasteiger partial charge < -0.3 is 20.3 Å². The minimum atomic E-state index is -0.667. The fraction of sp³-hybridized carbons (Fsp3) is 0.346. The van der Waals surface area contributed by atoms with Crippen LogP contribution in [0.4, 0.5) is 17.2 Å². The number of likely N-dealkylation sites (N-methyl/N-ethyl adjacent to an activating group) is 1. The molecule has 0 spiro atoms. The van der Waals surface area contributed by atoms with Crippen molar-refractivity contribution in [3.63, 3.8) is 0 Å². The molecule has 0 saturated carbocycles. The van der Waals surface area contributed by atoms with Gasteiger partial charge in [0.1, 0.15) is 11.6 Å². The molecule has 3 N–H and O–H groups in total. The molecule has 35 heavy (non-hydrogen) atoms. The molecule has 0 atom stereocenters. The lowest BCUT2D eigenvalue weighted by atomic mass is 10.2. The van der Waals surface area contributed by atoms with Gasteiger partial charge in [-0.05, 0) is 37.1 Å². The topological polar surface area (TPSA) is 114 Å². The number of nitrogens with two attached hydrogens (primary N) is 1. The Labute approximate surface area is 204 Å². The number of nitrogens with one attached hydrogen (secondary N) is 1. The lowest BCUT2D eigenvalue weighted by molar-refractivity contribution is -0.117. The van der Waals surface area contributed by atoms with E-state index in [1.54, 1.807) is 11.9 Å². The average molecular weight is 480 g/mol. The van der Waals surface area contributed by atoms with Crippen LogP contribution in [0.5, 0.6) is 11.5 Å². The van der Waals surface area contributed by atoms with Gasteiger partial charge in [-0.25, -0.2) is 4.79 Å². The number of H-pyrrole nitrogens is 1. The van der Waals surface area contributed by atoms with Gasteiger partial charge in [-0.3, -0.25) is 19.1 Å². The van der Waals surface area contributed by atoms with Gasteiger partial charge in [-0.15, -0.1) is 0 Å². The second-order valence-electron chi connectivity index (χ2n) is 8.28. The molecular formula is C26H33N5O4. The van der Waals surface area contributed by atoms with E-state index >= 15 is 0 Å². The van der Waals surface area contributed by atoms with Gasteiger partial charge in [0, 0.05) is 20.1 Å². The summed E-state index contributed by atoms with van der Waals surface area (Å²) in [5.74, 6) is 0.972. The quantitative estimate of drug-likeness (QED) is 0.434. The first kappa shape index (κ1) is 25.6. The molecule has 3 aromatic rings. The molecule has 1 heterocycles. The molecule has 0 unspecified atom stereocenters. The van der Waals surface area contributed by atoms with Crippen LogP contribution < -0.4 is 31.5 Å². The molecule has 0 saturated heterocycles. The summed E-state index contributed by atoms with van der Waals surface area (Å²) in [5, 5.41) is 0. The Hall–Kier alpha value is -4.01. The van der Waals surface area contributed by atoms with Gasteiger partial charge in [-0.1, -0.05) is 50.6 Å². The fourth-order valence-electron chi connectivity index (χ4n) is 3.81. The zero-order valence-corrected chi connectivity index (χ0v) is 20.5. The summed E-state index contributed by atoms with van der Waals surface area (Å²) in [4.78, 5) is 44.0. The number of hydrogen-bond acceptors (Lipinski definition) is 6. The molecule has 186 valence electrons. The summed E-state index contributed by atoms with van der Waals surface area (Å²) in [6, 6.07) is 16.8. The van der Waals surface area contributed by atoms with E-state index in [4.69, 9.17) is 10.5 Å². The number of unbranched alkanes of at least 4 members (excludes halogenated alkanes) is 1. The zero-order valence-electron chi connectivity index (χ0n) is 20.5. The number of aromatic nitrogens is 2. The zero-order chi connectivity index (χ0) is 25.4. The molecule has 0 fully saturated rings. The van der Waals surface area contributed by atoms with Crippen LogP contribution in [-0.2, 0) is 11.3 Å². The SMILES string of the molecule is CCCCN(C(=O)CN(C)c1ccccc1Oc1ccccc1)c1c(N)n(CCC)c(=O)[nH]c1=O. The van der Waals surface area contributed by atoms with Crippen LogP contribution in [0, 0.1) is 0 Å². The molecule has 0 aliphatic heterocycles. The smallest absolute Gasteiger partial charge is 0.330 e. The Balaban J connectivity index is 1.91. The third-order valence-corrected chi connectivity index (χ3v) is 5.59. The highest BCUT2D eigenvalue weighted by atomic mass is 16.5. The normalized spacial score (nSPS) is 10.7. The molecule has 1 aromatic heterocycles. The lowest BCUT2D eigenvalue weighted by Crippen LogP contribution is -2.45. The number of anilines is 3. The Morgan fingerprint density at radius 1 is 1.03 bits per heavy atom. The van der Waals surface area contributed by atoms with Gasteiger partial charge >= 0.3 is 5.69 Å². The Kier molecular flexibility index (Phi) is 8.72. The van der Waals surface area contributed by atoms with Crippen LogP contribution in [0.15, 0.2) is 64.2 Å². The summed E-state index contributed by atoms with van der Waals surface area (Å²) in [6.07, 6.45) is 2.15. The summed E-state index contributed by atoms with van der Waals surface area (Å²) in [6.45, 7) is 4.53. The van der Waals surface area contributed by atoms with Crippen LogP contribution in [0.25, 0.3) is 0 Å². The van der Waals surface area contributed by atoms with Crippen LogP contribution in [0.2, 0.25) is 0 Å². The number of carbonyl (C=O) groups excluding carboxylic acids is 1. The fourth-order valence-corrected chi connectivity index (χ4v) is 3.81. The Morgan fingerprint density at radius 2 is 1.71 bits per heavy atom. The lowest BCUT2D eigenvalue weighted by Gasteiger charge is -2.28. The van der Waals surface area contributed by atoms with Crippen molar-refractivity contribution in [1.82, 2.24) is 9.55 Å². The van der Waals surface area contributed by atoms with Gasteiger partial charge in [0.15, 0.2) is 11.4 Å². The molecule has 2 aromatic carbocycles. The van der Waals surface area contributed by atoms with Crippen molar-refractivity contribution in [2.24, 2.45) is 0 Å². The highest BCUT2D eigenvalue weighted by Gasteiger charge is 2.25. The first-order valence-electron chi connectivity index (χ1n) is 11.8. The number of rotatable bonds is 11. The number of nitrogen functional groups attached to an aromatic ring is 1. The molecule has 1 amide bonds. The number of carbonyl (C=O) groups is 1. The molecule has 0 radical (unpaired) electrons. The number of benzene rings is 2. The first-order chi connectivity index (χ1) is 16.9. The van der Waals surface area contributed by atoms with Crippen LogP contribution in [0.1, 0.15) is 33.1 Å². The van der Waals surface area contributed by atoms with E-state index in [2.05, 4.69) is 4.98 Å². The third-order valence-electron chi connectivity index (χ3n) is 5.59. The maximum atomic E-state index is 13.5. The van der Waals surface area contributed by atoms with E-state index in [1.807, 2.05) is 68.4 Å². The summed E-state index contributed by atoms with van der Waals surface area (Å²) in [7, 11) is 1.79. The van der Waals surface area contributed by atoms with Gasteiger partial charge in [0.2, 0.25) is 5.91 Å². The van der Waals surface area contributed by atoms with Crippen molar-refractivity contribution in [3.8, 4) is 11.5 Å². The summed E-state index contributed by atoms with van der Waals surface area (Å²) < 4.78 is 7.34. The number of amides is 1. The molecule has 0 aliphatic carbocycles. The van der Waals surface area contributed by atoms with E-state index in [-0.39, 0.29) is 24.0 Å². The van der Waals surface area contributed by atoms with E-state index in [1.165, 1.54) is 9.47 Å². The minimum absolute atomic E-state index is 0.000479. The van der Waals surface area contributed by atoms with Gasteiger partial charge in [0.25, 0.3) is 5.56 Å². The van der Waals surface area contributed by atoms with E-state index in [0.29, 0.717) is 37.4 Å². The molecule has 9 nitrogen and oxygen atoms in total. The van der Waals surface area contributed by atoms with E-state index in [9.17, 15) is 14.4 Å². The van der Waals surface area contributed by atoms with Crippen molar-refractivity contribution < 1.29 is 9.53 Å². The van der Waals surface area contributed by atoms with Crippen molar-refractivity contribution in [3.05, 3.63) is 75.4 Å². The number of ether oxygens (including phenoxy) is 1. The minimum Gasteiger partial charge on any atom is -0.455 e. The molecular weight excluding hydrogens is 446 g/mol. The van der Waals surface area contributed by atoms with Crippen LogP contribution in [0.3, 0.4) is 0 Å². The Bertz CT molecular complexity index is 1250. The highest BCUT2D eigenvalue weighted by molar-refractivity contribution is 5.98. The number of para-hydroxylation sites is 3. The standard InChI is InChI=1S/C26H33N5O4/c1-4-6-17-30(23-24(27)31(16-5-2)26(34)28-25(23)33)22(32)18-29(3)20-14-10-11-15-21(20)35-19-12-8-7-9-13-19/h7-15H,4-6,16-18,27H2,1-3H3,(H,28,33,34). The molecule has 9 heteroatoms. The number of nitrogens with zero attached hydrogens (tertiary/aromatic N) is 3. The average Bonchev–Trinajstić information content (AvgIpc) is 2.84. The predicted octanol–water partition coefficient (Wildman–Crippen LogP) is 3.59. The predicted molar refractivity (Wildman–Crippen MR) is 140 cm³/mol. The highest BCUT2D eigenvalue weighted by Crippen LogP contribution is 2.31. The largest absolute Gasteiger partial charge is 0.455 e. The maximum absolute atomic E-state index is 13.5. The van der Waals surface area contributed by atoms with Crippen molar-refractivity contribution in [2.75, 3.05) is 35.7 Å². The van der Waals surface area contributed by atoms with Crippen LogP contribution in [-0.4, -0.2) is 35.6 Å². The van der Waals surface area contributed by atoms with Gasteiger partial charge in [0.05, 0.1) is 12.2 Å². The van der Waals surface area contributed by atoms with E-state index in [0.717, 1.165) is 12.1 Å². The monoisotopic (exact) mass is 479 g/mol. The second-order valence-corrected chi connectivity index (χ2v) is 8.28. The van der Waals surface area contributed by atoms with E-state index < -0.39 is 11.2 Å². The Morgan fingerprint density at radius 3 is 2.40 bits per heavy atom. The summed E-state index contributed by atoms with van der Waals surface area (Å²) in [5.41, 5.74) is 5.74. The molecule has 3 rings (SSSR count). The summed E-state index contributed by atoms with van der Waals surface area (Å²) >= 11 is 0. The molecule has 0 bridgehead atoms. The number of aromatic amines is 1. The van der Waals surface area contributed by atoms with Crippen molar-refractivity contribution in [1.29, 1.82) is 0 Å². The van der Waals surface area contributed by atoms with Gasteiger partial charge in [-0.2, -0.15) is 0 Å². The third kappa shape index (κ3) is 6.11. The van der Waals surface area contributed by atoms with Crippen molar-refractivity contribution in [2.45, 2.75) is 39.7 Å². The van der Waals surface area contributed by atoms with Crippen LogP contribution >= 0.6 is 0 Å². The second kappa shape index (κ2) is 11.9. The molecule has 0 aliphatic rings. The maximum Gasteiger partial charge on any atom is 0.330 e. The van der Waals surface area contributed by atoms with Crippen molar-refractivity contribution >= 4 is 23.1 Å². The number of hydrogen-bond donors (Lipinski definition) is 2.